The molecule has 0 bridgehead atoms. The molecule has 0 amide bonds. The van der Waals surface area contributed by atoms with Crippen LogP contribution in [0.25, 0.3) is 0 Å². The lowest BCUT2D eigenvalue weighted by Gasteiger charge is -2.21. The molecule has 2 aromatic rings. The maximum atomic E-state index is 4.55. The van der Waals surface area contributed by atoms with E-state index in [1.54, 1.807) is 0 Å². The lowest BCUT2D eigenvalue weighted by Crippen LogP contribution is -2.23. The summed E-state index contributed by atoms with van der Waals surface area (Å²) >= 11 is 0. The van der Waals surface area contributed by atoms with Crippen molar-refractivity contribution in [3.05, 3.63) is 48.2 Å². The van der Waals surface area contributed by atoms with Gasteiger partial charge in [0, 0.05) is 38.1 Å². The monoisotopic (exact) mass is 283 g/mol. The molecule has 5 nitrogen and oxygen atoms in total. The van der Waals surface area contributed by atoms with Crippen LogP contribution >= 0.6 is 0 Å². The van der Waals surface area contributed by atoms with Crippen molar-refractivity contribution >= 4 is 5.82 Å². The number of hydrogen-bond acceptors (Lipinski definition) is 5. The molecule has 0 atom stereocenters. The van der Waals surface area contributed by atoms with Crippen LogP contribution in [0.3, 0.4) is 0 Å². The Balaban J connectivity index is 1.62. The van der Waals surface area contributed by atoms with Crippen LogP contribution in [0.4, 0.5) is 5.82 Å². The van der Waals surface area contributed by atoms with E-state index in [1.807, 2.05) is 36.9 Å². The second-order valence-electron chi connectivity index (χ2n) is 5.39. The van der Waals surface area contributed by atoms with Crippen LogP contribution in [-0.2, 0) is 13.1 Å². The highest BCUT2D eigenvalue weighted by atomic mass is 15.2. The van der Waals surface area contributed by atoms with Crippen molar-refractivity contribution in [3.63, 3.8) is 0 Å². The van der Waals surface area contributed by atoms with Gasteiger partial charge in [-0.05, 0) is 37.5 Å². The third kappa shape index (κ3) is 3.98. The van der Waals surface area contributed by atoms with Crippen LogP contribution in [0.2, 0.25) is 0 Å². The molecule has 0 unspecified atom stereocenters. The molecule has 0 radical (unpaired) electrons. The predicted molar refractivity (Wildman–Crippen MR) is 82.9 cm³/mol. The second kappa shape index (κ2) is 6.63. The predicted octanol–water partition coefficient (Wildman–Crippen LogP) is 2.15. The maximum Gasteiger partial charge on any atom is 0.147 e. The fraction of sp³-hybridized carbons (Fsp3) is 0.438. The molecule has 1 aliphatic carbocycles. The standard InChI is InChI=1S/C16H21N5/c1-2-21(12-13-5-7-17-8-6-13)16-11-19-15(10-20-16)9-18-14-3-4-14/h5-8,10-11,14,18H,2-4,9,12H2,1H3. The van der Waals surface area contributed by atoms with Crippen LogP contribution in [-0.4, -0.2) is 27.5 Å². The number of rotatable bonds is 7. The zero-order valence-electron chi connectivity index (χ0n) is 12.4. The minimum atomic E-state index is 0.699. The minimum absolute atomic E-state index is 0.699. The van der Waals surface area contributed by atoms with E-state index >= 15 is 0 Å². The number of pyridine rings is 1. The summed E-state index contributed by atoms with van der Waals surface area (Å²) in [7, 11) is 0. The van der Waals surface area contributed by atoms with Gasteiger partial charge in [0.2, 0.25) is 0 Å². The van der Waals surface area contributed by atoms with Gasteiger partial charge in [0.15, 0.2) is 0 Å². The Kier molecular flexibility index (Phi) is 4.40. The molecule has 1 aliphatic rings. The first kappa shape index (κ1) is 13.9. The summed E-state index contributed by atoms with van der Waals surface area (Å²) in [6, 6.07) is 4.76. The Bertz CT molecular complexity index is 551. The van der Waals surface area contributed by atoms with Crippen LogP contribution in [0.1, 0.15) is 31.0 Å². The number of hydrogen-bond donors (Lipinski definition) is 1. The first-order valence-electron chi connectivity index (χ1n) is 7.53. The van der Waals surface area contributed by atoms with Crippen LogP contribution < -0.4 is 10.2 Å². The van der Waals surface area contributed by atoms with Gasteiger partial charge in [0.25, 0.3) is 0 Å². The van der Waals surface area contributed by atoms with Crippen molar-refractivity contribution < 1.29 is 0 Å². The van der Waals surface area contributed by atoms with Crippen molar-refractivity contribution in [1.82, 2.24) is 20.3 Å². The Labute approximate surface area is 125 Å². The largest absolute Gasteiger partial charge is 0.351 e. The molecule has 5 heteroatoms. The molecule has 0 aliphatic heterocycles. The van der Waals surface area contributed by atoms with Crippen LogP contribution in [0.15, 0.2) is 36.9 Å². The Morgan fingerprint density at radius 1 is 1.19 bits per heavy atom. The van der Waals surface area contributed by atoms with Gasteiger partial charge in [0.1, 0.15) is 5.82 Å². The zero-order chi connectivity index (χ0) is 14.5. The van der Waals surface area contributed by atoms with Crippen LogP contribution in [0, 0.1) is 0 Å². The first-order chi connectivity index (χ1) is 10.3. The lowest BCUT2D eigenvalue weighted by atomic mass is 10.2. The van der Waals surface area contributed by atoms with Gasteiger partial charge < -0.3 is 10.2 Å². The summed E-state index contributed by atoms with van der Waals surface area (Å²) in [5.74, 6) is 0.921. The Morgan fingerprint density at radius 3 is 2.62 bits per heavy atom. The summed E-state index contributed by atoms with van der Waals surface area (Å²) in [4.78, 5) is 15.3. The first-order valence-corrected chi connectivity index (χ1v) is 7.53. The molecule has 0 aromatic carbocycles. The molecular formula is C16H21N5. The lowest BCUT2D eigenvalue weighted by molar-refractivity contribution is 0.670. The highest BCUT2D eigenvalue weighted by molar-refractivity contribution is 5.37. The molecule has 3 rings (SSSR count). The van der Waals surface area contributed by atoms with Crippen LogP contribution in [0.5, 0.6) is 0 Å². The fourth-order valence-corrected chi connectivity index (χ4v) is 2.20. The molecule has 110 valence electrons. The molecular weight excluding hydrogens is 262 g/mol. The Morgan fingerprint density at radius 2 is 2.00 bits per heavy atom. The number of nitrogens with zero attached hydrogens (tertiary/aromatic N) is 4. The molecule has 1 N–H and O–H groups in total. The van der Waals surface area contributed by atoms with Crippen molar-refractivity contribution in [3.8, 4) is 0 Å². The molecule has 21 heavy (non-hydrogen) atoms. The van der Waals surface area contributed by atoms with Gasteiger partial charge in [-0.2, -0.15) is 0 Å². The topological polar surface area (TPSA) is 53.9 Å². The van der Waals surface area contributed by atoms with E-state index in [4.69, 9.17) is 0 Å². The second-order valence-corrected chi connectivity index (χ2v) is 5.39. The van der Waals surface area contributed by atoms with E-state index in [0.717, 1.165) is 31.1 Å². The molecule has 1 fully saturated rings. The quantitative estimate of drug-likeness (QED) is 0.844. The minimum Gasteiger partial charge on any atom is -0.351 e. The SMILES string of the molecule is CCN(Cc1ccncc1)c1cnc(CNC2CC2)cn1. The van der Waals surface area contributed by atoms with Crippen molar-refractivity contribution in [2.24, 2.45) is 0 Å². The third-order valence-electron chi connectivity index (χ3n) is 3.67. The van der Waals surface area contributed by atoms with Crippen molar-refractivity contribution in [1.29, 1.82) is 0 Å². The summed E-state index contributed by atoms with van der Waals surface area (Å²) < 4.78 is 0. The third-order valence-corrected chi connectivity index (χ3v) is 3.67. The van der Waals surface area contributed by atoms with Gasteiger partial charge in [0.05, 0.1) is 18.1 Å². The maximum absolute atomic E-state index is 4.55. The van der Waals surface area contributed by atoms with E-state index in [1.165, 1.54) is 18.4 Å². The van der Waals surface area contributed by atoms with Gasteiger partial charge in [-0.1, -0.05) is 0 Å². The van der Waals surface area contributed by atoms with Crippen molar-refractivity contribution in [2.45, 2.75) is 38.9 Å². The van der Waals surface area contributed by atoms with Gasteiger partial charge in [-0.3, -0.25) is 9.97 Å². The summed E-state index contributed by atoms with van der Waals surface area (Å²) in [6.45, 7) is 4.67. The van der Waals surface area contributed by atoms with E-state index in [2.05, 4.69) is 32.1 Å². The molecule has 0 spiro atoms. The number of nitrogens with one attached hydrogen (secondary N) is 1. The average molecular weight is 283 g/mol. The van der Waals surface area contributed by atoms with Gasteiger partial charge in [-0.15, -0.1) is 0 Å². The van der Waals surface area contributed by atoms with Crippen molar-refractivity contribution in [2.75, 3.05) is 11.4 Å². The van der Waals surface area contributed by atoms with E-state index in [-0.39, 0.29) is 0 Å². The molecule has 1 saturated carbocycles. The summed E-state index contributed by atoms with van der Waals surface area (Å²) in [5, 5.41) is 3.45. The molecule has 2 heterocycles. The van der Waals surface area contributed by atoms with E-state index in [9.17, 15) is 0 Å². The van der Waals surface area contributed by atoms with Gasteiger partial charge >= 0.3 is 0 Å². The van der Waals surface area contributed by atoms with E-state index in [0.29, 0.717) is 6.04 Å². The summed E-state index contributed by atoms with van der Waals surface area (Å²) in [5.41, 5.74) is 2.23. The van der Waals surface area contributed by atoms with E-state index < -0.39 is 0 Å². The smallest absolute Gasteiger partial charge is 0.147 e. The highest BCUT2D eigenvalue weighted by Gasteiger charge is 2.20. The number of aromatic nitrogens is 3. The molecule has 2 aromatic heterocycles. The average Bonchev–Trinajstić information content (AvgIpc) is 3.37. The summed E-state index contributed by atoms with van der Waals surface area (Å²) in [6.07, 6.45) is 9.97. The Hall–Kier alpha value is -2.01. The fourth-order valence-electron chi connectivity index (χ4n) is 2.20. The zero-order valence-corrected chi connectivity index (χ0v) is 12.4. The van der Waals surface area contributed by atoms with Gasteiger partial charge in [-0.25, -0.2) is 4.98 Å². The normalized spacial score (nSPS) is 14.1. The molecule has 0 saturated heterocycles. The highest BCUT2D eigenvalue weighted by Crippen LogP contribution is 2.19. The number of anilines is 1.